The standard InChI is InChI=1S/C11H15NOS/c1-9(2)8-12-14(13)11-6-4-10(3)5-7-11/h4-9H,1-3H3. The highest BCUT2D eigenvalue weighted by atomic mass is 32.2. The highest BCUT2D eigenvalue weighted by molar-refractivity contribution is 7.83. The van der Waals surface area contributed by atoms with Crippen LogP contribution in [0.4, 0.5) is 0 Å². The number of hydrogen-bond donors (Lipinski definition) is 0. The summed E-state index contributed by atoms with van der Waals surface area (Å²) in [5.41, 5.74) is 1.17. The number of hydrogen-bond acceptors (Lipinski definition) is 1. The summed E-state index contributed by atoms with van der Waals surface area (Å²) in [6.07, 6.45) is 1.72. The van der Waals surface area contributed by atoms with Crippen LogP contribution >= 0.6 is 0 Å². The Hall–Kier alpha value is -0.960. The second kappa shape index (κ2) is 5.05. The van der Waals surface area contributed by atoms with Gasteiger partial charge in [0.15, 0.2) is 11.0 Å². The lowest BCUT2D eigenvalue weighted by atomic mass is 10.2. The molecule has 2 nitrogen and oxygen atoms in total. The minimum atomic E-state index is -1.24. The molecule has 0 N–H and O–H groups in total. The lowest BCUT2D eigenvalue weighted by molar-refractivity contribution is 0.684. The highest BCUT2D eigenvalue weighted by Gasteiger charge is 1.99. The maximum absolute atomic E-state index is 11.6. The van der Waals surface area contributed by atoms with Gasteiger partial charge in [-0.05, 0) is 25.0 Å². The molecule has 76 valence electrons. The van der Waals surface area contributed by atoms with E-state index in [0.717, 1.165) is 4.90 Å². The van der Waals surface area contributed by atoms with Crippen LogP contribution < -0.4 is 0 Å². The fourth-order valence-electron chi connectivity index (χ4n) is 0.893. The Bertz CT molecular complexity index is 341. The molecule has 3 heteroatoms. The van der Waals surface area contributed by atoms with Gasteiger partial charge < -0.3 is 0 Å². The Labute approximate surface area is 87.7 Å². The van der Waals surface area contributed by atoms with Crippen LogP contribution in [0.1, 0.15) is 19.4 Å². The lowest BCUT2D eigenvalue weighted by Crippen LogP contribution is -1.92. The summed E-state index contributed by atoms with van der Waals surface area (Å²) in [5, 5.41) is 0. The van der Waals surface area contributed by atoms with Crippen molar-refractivity contribution in [2.45, 2.75) is 25.7 Å². The Kier molecular flexibility index (Phi) is 4.01. The molecule has 1 aromatic rings. The van der Waals surface area contributed by atoms with Gasteiger partial charge in [-0.3, -0.25) is 0 Å². The Morgan fingerprint density at radius 1 is 1.29 bits per heavy atom. The van der Waals surface area contributed by atoms with Gasteiger partial charge in [0.25, 0.3) is 0 Å². The maximum atomic E-state index is 11.6. The van der Waals surface area contributed by atoms with Gasteiger partial charge in [-0.2, -0.15) is 4.40 Å². The van der Waals surface area contributed by atoms with Crippen molar-refractivity contribution in [3.05, 3.63) is 29.8 Å². The quantitative estimate of drug-likeness (QED) is 0.704. The molecule has 14 heavy (non-hydrogen) atoms. The van der Waals surface area contributed by atoms with Crippen molar-refractivity contribution in [3.8, 4) is 0 Å². The van der Waals surface area contributed by atoms with Gasteiger partial charge in [0.1, 0.15) is 0 Å². The topological polar surface area (TPSA) is 29.4 Å². The third kappa shape index (κ3) is 3.42. The smallest absolute Gasteiger partial charge is 0.172 e. The van der Waals surface area contributed by atoms with E-state index < -0.39 is 11.0 Å². The van der Waals surface area contributed by atoms with Crippen molar-refractivity contribution in [1.82, 2.24) is 0 Å². The first-order valence-electron chi connectivity index (χ1n) is 4.62. The second-order valence-corrected chi connectivity index (χ2v) is 4.74. The minimum Gasteiger partial charge on any atom is -0.230 e. The third-order valence-corrected chi connectivity index (χ3v) is 2.67. The number of benzene rings is 1. The summed E-state index contributed by atoms with van der Waals surface area (Å²) >= 11 is 0. The van der Waals surface area contributed by atoms with E-state index in [1.165, 1.54) is 5.56 Å². The predicted octanol–water partition coefficient (Wildman–Crippen LogP) is 2.74. The van der Waals surface area contributed by atoms with Crippen molar-refractivity contribution < 1.29 is 4.21 Å². The van der Waals surface area contributed by atoms with Gasteiger partial charge in [0.05, 0.1) is 4.90 Å². The fraction of sp³-hybridized carbons (Fsp3) is 0.364. The van der Waals surface area contributed by atoms with Gasteiger partial charge in [-0.25, -0.2) is 4.21 Å². The van der Waals surface area contributed by atoms with E-state index in [2.05, 4.69) is 4.40 Å². The molecule has 0 radical (unpaired) electrons. The number of aryl methyl sites for hydroxylation is 1. The molecular formula is C11H15NOS. The zero-order valence-electron chi connectivity index (χ0n) is 8.73. The molecule has 0 fully saturated rings. The molecule has 1 atom stereocenters. The molecule has 0 spiro atoms. The van der Waals surface area contributed by atoms with Crippen LogP contribution in [0.2, 0.25) is 0 Å². The predicted molar refractivity (Wildman–Crippen MR) is 60.9 cm³/mol. The molecule has 0 saturated carbocycles. The molecule has 1 aromatic carbocycles. The molecule has 0 aromatic heterocycles. The summed E-state index contributed by atoms with van der Waals surface area (Å²) in [6, 6.07) is 7.59. The zero-order valence-corrected chi connectivity index (χ0v) is 9.54. The first kappa shape index (κ1) is 11.1. The third-order valence-electron chi connectivity index (χ3n) is 1.68. The molecule has 1 rings (SSSR count). The van der Waals surface area contributed by atoms with Crippen LogP contribution in [0.15, 0.2) is 33.6 Å². The van der Waals surface area contributed by atoms with E-state index in [-0.39, 0.29) is 0 Å². The van der Waals surface area contributed by atoms with Crippen LogP contribution in [0, 0.1) is 12.8 Å². The normalized spacial score (nSPS) is 13.7. The SMILES string of the molecule is Cc1ccc(S(=O)N=CC(C)C)cc1. The molecule has 1 unspecified atom stereocenters. The first-order chi connectivity index (χ1) is 6.59. The minimum absolute atomic E-state index is 0.337. The molecule has 0 aliphatic rings. The van der Waals surface area contributed by atoms with E-state index in [4.69, 9.17) is 0 Å². The maximum Gasteiger partial charge on any atom is 0.172 e. The van der Waals surface area contributed by atoms with Crippen molar-refractivity contribution in [2.24, 2.45) is 10.3 Å². The summed E-state index contributed by atoms with van der Waals surface area (Å²) in [7, 11) is -1.24. The molecule has 0 saturated heterocycles. The van der Waals surface area contributed by atoms with Crippen molar-refractivity contribution in [3.63, 3.8) is 0 Å². The molecule has 0 amide bonds. The molecule has 0 heterocycles. The summed E-state index contributed by atoms with van der Waals surface area (Å²) in [4.78, 5) is 0.757. The average molecular weight is 209 g/mol. The molecule has 0 aliphatic heterocycles. The second-order valence-electron chi connectivity index (χ2n) is 3.56. The van der Waals surface area contributed by atoms with E-state index in [0.29, 0.717) is 5.92 Å². The van der Waals surface area contributed by atoms with E-state index in [1.54, 1.807) is 6.21 Å². The van der Waals surface area contributed by atoms with E-state index >= 15 is 0 Å². The van der Waals surface area contributed by atoms with Gasteiger partial charge >= 0.3 is 0 Å². The number of nitrogens with zero attached hydrogens (tertiary/aromatic N) is 1. The molecule has 0 bridgehead atoms. The van der Waals surface area contributed by atoms with Gasteiger partial charge in [0.2, 0.25) is 0 Å². The van der Waals surface area contributed by atoms with Crippen LogP contribution in [-0.4, -0.2) is 10.4 Å². The van der Waals surface area contributed by atoms with E-state index in [1.807, 2.05) is 45.0 Å². The lowest BCUT2D eigenvalue weighted by Gasteiger charge is -1.97. The summed E-state index contributed by atoms with van der Waals surface area (Å²) < 4.78 is 15.5. The largest absolute Gasteiger partial charge is 0.230 e. The molecule has 0 aliphatic carbocycles. The van der Waals surface area contributed by atoms with E-state index in [9.17, 15) is 4.21 Å². The monoisotopic (exact) mass is 209 g/mol. The van der Waals surface area contributed by atoms with Crippen LogP contribution in [-0.2, 0) is 11.0 Å². The van der Waals surface area contributed by atoms with Crippen LogP contribution in [0.3, 0.4) is 0 Å². The highest BCUT2D eigenvalue weighted by Crippen LogP contribution is 2.08. The Morgan fingerprint density at radius 2 is 1.86 bits per heavy atom. The van der Waals surface area contributed by atoms with Gasteiger partial charge in [0, 0.05) is 6.21 Å². The fourth-order valence-corrected chi connectivity index (χ4v) is 1.74. The number of rotatable bonds is 3. The van der Waals surface area contributed by atoms with Gasteiger partial charge in [-0.1, -0.05) is 31.5 Å². The summed E-state index contributed by atoms with van der Waals surface area (Å²) in [6.45, 7) is 6.02. The van der Waals surface area contributed by atoms with Crippen molar-refractivity contribution >= 4 is 17.2 Å². The summed E-state index contributed by atoms with van der Waals surface area (Å²) in [5.74, 6) is 0.337. The first-order valence-corrected chi connectivity index (χ1v) is 5.73. The average Bonchev–Trinajstić information content (AvgIpc) is 2.15. The Balaban J connectivity index is 2.75. The van der Waals surface area contributed by atoms with Crippen molar-refractivity contribution in [2.75, 3.05) is 0 Å². The van der Waals surface area contributed by atoms with Crippen LogP contribution in [0.5, 0.6) is 0 Å². The van der Waals surface area contributed by atoms with Crippen LogP contribution in [0.25, 0.3) is 0 Å². The van der Waals surface area contributed by atoms with Crippen molar-refractivity contribution in [1.29, 1.82) is 0 Å². The van der Waals surface area contributed by atoms with Gasteiger partial charge in [-0.15, -0.1) is 0 Å². The Morgan fingerprint density at radius 3 is 2.36 bits per heavy atom. The zero-order chi connectivity index (χ0) is 10.6. The molecular weight excluding hydrogens is 194 g/mol.